The summed E-state index contributed by atoms with van der Waals surface area (Å²) in [5.41, 5.74) is 2.46. The van der Waals surface area contributed by atoms with E-state index in [1.807, 2.05) is 0 Å². The van der Waals surface area contributed by atoms with Crippen molar-refractivity contribution in [1.82, 2.24) is 5.32 Å². The smallest absolute Gasteiger partial charge is 0.0471 e. The van der Waals surface area contributed by atoms with Crippen LogP contribution in [-0.4, -0.2) is 26.3 Å². The Labute approximate surface area is 116 Å². The number of hydrogen-bond donors (Lipinski definition) is 1. The van der Waals surface area contributed by atoms with Crippen LogP contribution in [0.15, 0.2) is 30.3 Å². The zero-order valence-corrected chi connectivity index (χ0v) is 12.0. The lowest BCUT2D eigenvalue weighted by Crippen LogP contribution is -2.56. The van der Waals surface area contributed by atoms with E-state index in [-0.39, 0.29) is 0 Å². The molecule has 2 aliphatic rings. The van der Waals surface area contributed by atoms with Crippen molar-refractivity contribution in [2.75, 3.05) is 26.3 Å². The van der Waals surface area contributed by atoms with Gasteiger partial charge in [-0.25, -0.2) is 0 Å². The third kappa shape index (κ3) is 2.44. The topological polar surface area (TPSA) is 21.3 Å². The number of rotatable bonds is 4. The third-order valence-corrected chi connectivity index (χ3v) is 5.08. The second-order valence-electron chi connectivity index (χ2n) is 6.39. The summed E-state index contributed by atoms with van der Waals surface area (Å²) in [5, 5.41) is 3.58. The minimum absolute atomic E-state index is 0.370. The van der Waals surface area contributed by atoms with Gasteiger partial charge in [0.2, 0.25) is 0 Å². The fourth-order valence-corrected chi connectivity index (χ4v) is 4.13. The molecule has 0 amide bonds. The van der Waals surface area contributed by atoms with Crippen molar-refractivity contribution in [1.29, 1.82) is 0 Å². The summed E-state index contributed by atoms with van der Waals surface area (Å²) in [7, 11) is 0. The number of likely N-dealkylation sites (N-methyl/N-ethyl adjacent to an activating group) is 1. The minimum atomic E-state index is 0.370. The van der Waals surface area contributed by atoms with Crippen LogP contribution in [0.4, 0.5) is 0 Å². The highest BCUT2D eigenvalue weighted by atomic mass is 16.5. The predicted octanol–water partition coefficient (Wildman–Crippen LogP) is 3.12. The van der Waals surface area contributed by atoms with Crippen LogP contribution in [0, 0.1) is 5.41 Å². The molecule has 1 N–H and O–H groups in total. The highest BCUT2D eigenvalue weighted by Crippen LogP contribution is 2.59. The van der Waals surface area contributed by atoms with Gasteiger partial charge in [0.25, 0.3) is 0 Å². The van der Waals surface area contributed by atoms with Gasteiger partial charge in [0.05, 0.1) is 0 Å². The van der Waals surface area contributed by atoms with Gasteiger partial charge in [-0.2, -0.15) is 0 Å². The van der Waals surface area contributed by atoms with Crippen LogP contribution in [0.25, 0.3) is 0 Å². The Morgan fingerprint density at radius 2 is 1.79 bits per heavy atom. The summed E-state index contributed by atoms with van der Waals surface area (Å²) >= 11 is 0. The maximum absolute atomic E-state index is 5.54. The maximum Gasteiger partial charge on any atom is 0.0471 e. The lowest BCUT2D eigenvalue weighted by molar-refractivity contribution is -0.0735. The normalized spacial score (nSPS) is 24.1. The number of benzene rings is 1. The molecule has 0 atom stereocenters. The quantitative estimate of drug-likeness (QED) is 0.897. The van der Waals surface area contributed by atoms with Gasteiger partial charge in [-0.15, -0.1) is 0 Å². The van der Waals surface area contributed by atoms with Crippen molar-refractivity contribution in [3.8, 4) is 0 Å². The molecule has 0 aromatic heterocycles. The monoisotopic (exact) mass is 259 g/mol. The van der Waals surface area contributed by atoms with Crippen molar-refractivity contribution in [2.45, 2.75) is 38.0 Å². The molecule has 104 valence electrons. The zero-order valence-electron chi connectivity index (χ0n) is 12.0. The van der Waals surface area contributed by atoms with Crippen LogP contribution in [0.5, 0.6) is 0 Å². The van der Waals surface area contributed by atoms with E-state index >= 15 is 0 Å². The van der Waals surface area contributed by atoms with Crippen molar-refractivity contribution < 1.29 is 4.74 Å². The Morgan fingerprint density at radius 1 is 1.11 bits per heavy atom. The van der Waals surface area contributed by atoms with E-state index in [1.165, 1.54) is 31.2 Å². The molecular weight excluding hydrogens is 234 g/mol. The van der Waals surface area contributed by atoms with Gasteiger partial charge in [-0.1, -0.05) is 37.3 Å². The largest absolute Gasteiger partial charge is 0.381 e. The average molecular weight is 259 g/mol. The van der Waals surface area contributed by atoms with E-state index in [1.54, 1.807) is 0 Å². The summed E-state index contributed by atoms with van der Waals surface area (Å²) in [6.07, 6.45) is 5.18. The van der Waals surface area contributed by atoms with E-state index in [9.17, 15) is 0 Å². The van der Waals surface area contributed by atoms with Gasteiger partial charge in [0.1, 0.15) is 0 Å². The van der Waals surface area contributed by atoms with E-state index in [0.29, 0.717) is 10.8 Å². The summed E-state index contributed by atoms with van der Waals surface area (Å²) in [4.78, 5) is 0. The molecule has 1 saturated heterocycles. The first-order valence-electron chi connectivity index (χ1n) is 7.63. The summed E-state index contributed by atoms with van der Waals surface area (Å²) < 4.78 is 5.54. The SMILES string of the molecule is CCNCC1(c2ccccc2)CC2(CCOCC2)C1. The highest BCUT2D eigenvalue weighted by molar-refractivity contribution is 5.31. The Balaban J connectivity index is 1.77. The maximum atomic E-state index is 5.54. The molecule has 19 heavy (non-hydrogen) atoms. The summed E-state index contributed by atoms with van der Waals surface area (Å²) in [5.74, 6) is 0. The lowest BCUT2D eigenvalue weighted by Gasteiger charge is -2.58. The third-order valence-electron chi connectivity index (χ3n) is 5.08. The molecule has 1 spiro atoms. The fourth-order valence-electron chi connectivity index (χ4n) is 4.13. The van der Waals surface area contributed by atoms with Crippen molar-refractivity contribution in [3.05, 3.63) is 35.9 Å². The molecule has 2 nitrogen and oxygen atoms in total. The first kappa shape index (κ1) is 13.1. The van der Waals surface area contributed by atoms with E-state index in [4.69, 9.17) is 4.74 Å². The average Bonchev–Trinajstić information content (AvgIpc) is 2.44. The molecule has 1 aliphatic carbocycles. The van der Waals surface area contributed by atoms with Crippen LogP contribution >= 0.6 is 0 Å². The standard InChI is InChI=1S/C17H25NO/c1-2-18-14-17(15-6-4-3-5-7-15)12-16(13-17)8-10-19-11-9-16/h3-7,18H,2,8-14H2,1H3. The molecule has 2 heteroatoms. The number of hydrogen-bond acceptors (Lipinski definition) is 2. The molecule has 3 rings (SSSR count). The van der Waals surface area contributed by atoms with Crippen LogP contribution in [0.3, 0.4) is 0 Å². The zero-order chi connectivity index (χ0) is 13.2. The van der Waals surface area contributed by atoms with Crippen molar-refractivity contribution in [3.63, 3.8) is 0 Å². The first-order chi connectivity index (χ1) is 9.29. The Hall–Kier alpha value is -0.860. The van der Waals surface area contributed by atoms with E-state index < -0.39 is 0 Å². The molecule has 0 radical (unpaired) electrons. The molecule has 1 aromatic rings. The molecular formula is C17H25NO. The Kier molecular flexibility index (Phi) is 3.64. The van der Waals surface area contributed by atoms with Gasteiger partial charge in [0, 0.05) is 25.2 Å². The van der Waals surface area contributed by atoms with Crippen LogP contribution in [0.2, 0.25) is 0 Å². The van der Waals surface area contributed by atoms with Gasteiger partial charge in [-0.05, 0) is 43.2 Å². The summed E-state index contributed by atoms with van der Waals surface area (Å²) in [6, 6.07) is 11.1. The molecule has 0 unspecified atom stereocenters. The summed E-state index contributed by atoms with van der Waals surface area (Å²) in [6.45, 7) is 6.31. The molecule has 1 saturated carbocycles. The Morgan fingerprint density at radius 3 is 2.42 bits per heavy atom. The van der Waals surface area contributed by atoms with Gasteiger partial charge < -0.3 is 10.1 Å². The highest BCUT2D eigenvalue weighted by Gasteiger charge is 2.54. The first-order valence-corrected chi connectivity index (χ1v) is 7.63. The van der Waals surface area contributed by atoms with E-state index in [0.717, 1.165) is 26.3 Å². The number of nitrogens with one attached hydrogen (secondary N) is 1. The van der Waals surface area contributed by atoms with E-state index in [2.05, 4.69) is 42.6 Å². The second kappa shape index (κ2) is 5.26. The van der Waals surface area contributed by atoms with Gasteiger partial charge in [-0.3, -0.25) is 0 Å². The molecule has 0 bridgehead atoms. The molecule has 1 aliphatic heterocycles. The molecule has 2 fully saturated rings. The number of ether oxygens (including phenoxy) is 1. The van der Waals surface area contributed by atoms with Crippen LogP contribution in [-0.2, 0) is 10.2 Å². The van der Waals surface area contributed by atoms with Crippen LogP contribution in [0.1, 0.15) is 38.2 Å². The van der Waals surface area contributed by atoms with Crippen molar-refractivity contribution >= 4 is 0 Å². The predicted molar refractivity (Wildman–Crippen MR) is 78.4 cm³/mol. The minimum Gasteiger partial charge on any atom is -0.381 e. The van der Waals surface area contributed by atoms with Gasteiger partial charge >= 0.3 is 0 Å². The van der Waals surface area contributed by atoms with Crippen molar-refractivity contribution in [2.24, 2.45) is 5.41 Å². The molecule has 1 heterocycles. The fraction of sp³-hybridized carbons (Fsp3) is 0.647. The van der Waals surface area contributed by atoms with Gasteiger partial charge in [0.15, 0.2) is 0 Å². The lowest BCUT2D eigenvalue weighted by atomic mass is 9.48. The molecule has 1 aromatic carbocycles. The Bertz CT molecular complexity index is 401. The van der Waals surface area contributed by atoms with Crippen LogP contribution < -0.4 is 5.32 Å². The second-order valence-corrected chi connectivity index (χ2v) is 6.39.